The average molecular weight is 260 g/mol. The van der Waals surface area contributed by atoms with Crippen LogP contribution in [0.25, 0.3) is 0 Å². The van der Waals surface area contributed by atoms with Crippen molar-refractivity contribution in [2.45, 2.75) is 57.4 Å². The number of hydrogen-bond donors (Lipinski definition) is 1. The molecule has 2 aliphatic rings. The van der Waals surface area contributed by atoms with E-state index in [4.69, 9.17) is 0 Å². The van der Waals surface area contributed by atoms with Crippen molar-refractivity contribution in [2.24, 2.45) is 5.92 Å². The second-order valence-corrected chi connectivity index (χ2v) is 5.96. The maximum Gasteiger partial charge on any atom is 0.248 e. The van der Waals surface area contributed by atoms with Crippen LogP contribution in [0.5, 0.6) is 0 Å². The minimum Gasteiger partial charge on any atom is -0.315 e. The summed E-state index contributed by atoms with van der Waals surface area (Å²) in [7, 11) is 0. The lowest BCUT2D eigenvalue weighted by atomic mass is 9.86. The summed E-state index contributed by atoms with van der Waals surface area (Å²) in [5, 5.41) is 3.37. The molecule has 0 bridgehead atoms. The molecule has 1 saturated carbocycles. The van der Waals surface area contributed by atoms with E-state index in [2.05, 4.69) is 17.1 Å². The monoisotopic (exact) mass is 260 g/mol. The topological polar surface area (TPSA) is 15.3 Å². The van der Waals surface area contributed by atoms with Crippen LogP contribution in [0.1, 0.15) is 45.4 Å². The Balaban J connectivity index is 1.87. The maximum atomic E-state index is 13.4. The number of nitrogens with one attached hydrogen (secondary N) is 1. The third kappa shape index (κ3) is 3.89. The van der Waals surface area contributed by atoms with Gasteiger partial charge in [0.25, 0.3) is 0 Å². The molecule has 1 saturated heterocycles. The van der Waals surface area contributed by atoms with Crippen molar-refractivity contribution in [3.05, 3.63) is 0 Å². The molecule has 0 amide bonds. The van der Waals surface area contributed by atoms with Crippen LogP contribution in [0.3, 0.4) is 0 Å². The molecular weight excluding hydrogens is 234 g/mol. The number of nitrogens with zero attached hydrogens (tertiary/aromatic N) is 1. The van der Waals surface area contributed by atoms with Gasteiger partial charge in [-0.2, -0.15) is 0 Å². The van der Waals surface area contributed by atoms with E-state index in [0.29, 0.717) is 12.5 Å². The summed E-state index contributed by atoms with van der Waals surface area (Å²) in [5.41, 5.74) is 0. The zero-order valence-corrected chi connectivity index (χ0v) is 11.4. The third-order valence-electron chi connectivity index (χ3n) is 4.30. The lowest BCUT2D eigenvalue weighted by Gasteiger charge is -2.35. The molecule has 0 spiro atoms. The Bertz CT molecular complexity index is 252. The summed E-state index contributed by atoms with van der Waals surface area (Å²) in [6, 6.07) is 0.570. The van der Waals surface area contributed by atoms with E-state index in [0.717, 1.165) is 39.0 Å². The van der Waals surface area contributed by atoms with E-state index in [9.17, 15) is 8.78 Å². The van der Waals surface area contributed by atoms with Crippen LogP contribution in [-0.2, 0) is 0 Å². The molecule has 2 unspecified atom stereocenters. The normalized spacial score (nSPS) is 32.0. The second-order valence-electron chi connectivity index (χ2n) is 5.96. The summed E-state index contributed by atoms with van der Waals surface area (Å²) in [5.74, 6) is -2.21. The highest BCUT2D eigenvalue weighted by atomic mass is 19.3. The largest absolute Gasteiger partial charge is 0.315 e. The molecule has 2 rings (SSSR count). The SMILES string of the molecule is CCCN(CC1CCCC(F)(F)C1)C1CCNC1. The predicted octanol–water partition coefficient (Wildman–Crippen LogP) is 2.89. The Morgan fingerprint density at radius 3 is 2.78 bits per heavy atom. The summed E-state index contributed by atoms with van der Waals surface area (Å²) >= 11 is 0. The molecule has 18 heavy (non-hydrogen) atoms. The molecule has 0 radical (unpaired) electrons. The molecule has 1 heterocycles. The van der Waals surface area contributed by atoms with E-state index in [-0.39, 0.29) is 18.8 Å². The Labute approximate surface area is 109 Å². The smallest absolute Gasteiger partial charge is 0.248 e. The molecule has 1 aliphatic heterocycles. The Hall–Kier alpha value is -0.220. The minimum atomic E-state index is -2.41. The van der Waals surface area contributed by atoms with Crippen molar-refractivity contribution >= 4 is 0 Å². The standard InChI is InChI=1S/C14H26F2N2/c1-2-8-18(13-5-7-17-10-13)11-12-4-3-6-14(15,16)9-12/h12-13,17H,2-11H2,1H3. The molecule has 1 N–H and O–H groups in total. The van der Waals surface area contributed by atoms with Gasteiger partial charge in [-0.25, -0.2) is 8.78 Å². The van der Waals surface area contributed by atoms with Gasteiger partial charge in [-0.1, -0.05) is 6.92 Å². The van der Waals surface area contributed by atoms with Crippen LogP contribution in [0.15, 0.2) is 0 Å². The van der Waals surface area contributed by atoms with Gasteiger partial charge < -0.3 is 5.32 Å². The van der Waals surface area contributed by atoms with Crippen molar-refractivity contribution < 1.29 is 8.78 Å². The summed E-state index contributed by atoms with van der Waals surface area (Å²) in [6.07, 6.45) is 4.16. The van der Waals surface area contributed by atoms with E-state index in [1.54, 1.807) is 0 Å². The molecule has 4 heteroatoms. The molecule has 0 aromatic rings. The van der Waals surface area contributed by atoms with Crippen LogP contribution < -0.4 is 5.32 Å². The lowest BCUT2D eigenvalue weighted by Crippen LogP contribution is -2.42. The van der Waals surface area contributed by atoms with Crippen LogP contribution in [0, 0.1) is 5.92 Å². The molecule has 106 valence electrons. The fourth-order valence-electron chi connectivity index (χ4n) is 3.42. The number of alkyl halides is 2. The average Bonchev–Trinajstić information content (AvgIpc) is 2.80. The van der Waals surface area contributed by atoms with Gasteiger partial charge in [-0.05, 0) is 44.7 Å². The number of rotatable bonds is 5. The van der Waals surface area contributed by atoms with Gasteiger partial charge in [0.1, 0.15) is 0 Å². The first-order valence-electron chi connectivity index (χ1n) is 7.43. The summed E-state index contributed by atoms with van der Waals surface area (Å²) in [4.78, 5) is 2.45. The van der Waals surface area contributed by atoms with E-state index >= 15 is 0 Å². The molecule has 2 nitrogen and oxygen atoms in total. The van der Waals surface area contributed by atoms with Crippen LogP contribution in [-0.4, -0.2) is 43.0 Å². The highest BCUT2D eigenvalue weighted by molar-refractivity contribution is 4.85. The molecular formula is C14H26F2N2. The third-order valence-corrected chi connectivity index (χ3v) is 4.30. The Morgan fingerprint density at radius 2 is 2.17 bits per heavy atom. The van der Waals surface area contributed by atoms with Crippen LogP contribution in [0.2, 0.25) is 0 Å². The fraction of sp³-hybridized carbons (Fsp3) is 1.00. The van der Waals surface area contributed by atoms with Gasteiger partial charge in [0.2, 0.25) is 5.92 Å². The Morgan fingerprint density at radius 1 is 1.33 bits per heavy atom. The molecule has 0 aromatic heterocycles. The van der Waals surface area contributed by atoms with Gasteiger partial charge in [-0.15, -0.1) is 0 Å². The number of halogens is 2. The van der Waals surface area contributed by atoms with E-state index in [1.807, 2.05) is 0 Å². The van der Waals surface area contributed by atoms with E-state index in [1.165, 1.54) is 6.42 Å². The van der Waals surface area contributed by atoms with Gasteiger partial charge in [0.05, 0.1) is 0 Å². The zero-order chi connectivity index (χ0) is 13.0. The van der Waals surface area contributed by atoms with Crippen molar-refractivity contribution in [2.75, 3.05) is 26.2 Å². The predicted molar refractivity (Wildman–Crippen MR) is 70.0 cm³/mol. The van der Waals surface area contributed by atoms with Gasteiger partial charge >= 0.3 is 0 Å². The quantitative estimate of drug-likeness (QED) is 0.817. The Kier molecular flexibility index (Phi) is 4.96. The first-order chi connectivity index (χ1) is 8.61. The van der Waals surface area contributed by atoms with Crippen molar-refractivity contribution in [1.82, 2.24) is 10.2 Å². The first kappa shape index (κ1) is 14.2. The summed E-state index contributed by atoms with van der Waals surface area (Å²) in [6.45, 7) is 6.20. The van der Waals surface area contributed by atoms with Crippen molar-refractivity contribution in [1.29, 1.82) is 0 Å². The van der Waals surface area contributed by atoms with Crippen molar-refractivity contribution in [3.63, 3.8) is 0 Å². The van der Waals surface area contributed by atoms with Gasteiger partial charge in [-0.3, -0.25) is 4.90 Å². The van der Waals surface area contributed by atoms with E-state index < -0.39 is 5.92 Å². The van der Waals surface area contributed by atoms with Crippen LogP contribution >= 0.6 is 0 Å². The molecule has 0 aromatic carbocycles. The lowest BCUT2D eigenvalue weighted by molar-refractivity contribution is -0.0583. The van der Waals surface area contributed by atoms with Gasteiger partial charge in [0.15, 0.2) is 0 Å². The van der Waals surface area contributed by atoms with Crippen molar-refractivity contribution in [3.8, 4) is 0 Å². The van der Waals surface area contributed by atoms with Crippen LogP contribution in [0.4, 0.5) is 8.78 Å². The molecule has 1 aliphatic carbocycles. The highest BCUT2D eigenvalue weighted by Crippen LogP contribution is 2.37. The van der Waals surface area contributed by atoms with Gasteiger partial charge in [0, 0.05) is 32.0 Å². The fourth-order valence-corrected chi connectivity index (χ4v) is 3.42. The number of hydrogen-bond acceptors (Lipinski definition) is 2. The second kappa shape index (κ2) is 6.29. The summed E-state index contributed by atoms with van der Waals surface area (Å²) < 4.78 is 26.9. The minimum absolute atomic E-state index is 0.0995. The zero-order valence-electron chi connectivity index (χ0n) is 11.4. The highest BCUT2D eigenvalue weighted by Gasteiger charge is 2.37. The maximum absolute atomic E-state index is 13.4. The molecule has 2 atom stereocenters. The first-order valence-corrected chi connectivity index (χ1v) is 7.43. The molecule has 2 fully saturated rings.